The second kappa shape index (κ2) is 12.7. The van der Waals surface area contributed by atoms with Crippen LogP contribution in [-0.2, 0) is 17.8 Å². The highest BCUT2D eigenvalue weighted by Gasteiger charge is 2.24. The number of aromatic amines is 1. The van der Waals surface area contributed by atoms with Gasteiger partial charge < -0.3 is 24.1 Å². The van der Waals surface area contributed by atoms with Gasteiger partial charge in [-0.25, -0.2) is 4.98 Å². The molecule has 0 spiro atoms. The summed E-state index contributed by atoms with van der Waals surface area (Å²) in [6.45, 7) is 2.35. The molecule has 0 radical (unpaired) electrons. The molecule has 0 fully saturated rings. The second-order valence-corrected chi connectivity index (χ2v) is 9.43. The zero-order valence-corrected chi connectivity index (χ0v) is 23.1. The third kappa shape index (κ3) is 5.89. The molecular formula is C30H34ClN3O4. The number of fused-ring (bicyclic) bond motifs is 1. The van der Waals surface area contributed by atoms with Crippen molar-refractivity contribution < 1.29 is 19.0 Å². The zero-order valence-electron chi connectivity index (χ0n) is 22.3. The molecule has 0 aliphatic heterocycles. The van der Waals surface area contributed by atoms with E-state index in [9.17, 15) is 4.79 Å². The minimum atomic E-state index is -0.0257. The highest BCUT2D eigenvalue weighted by atomic mass is 35.5. The van der Waals surface area contributed by atoms with Gasteiger partial charge in [0.15, 0.2) is 11.5 Å². The van der Waals surface area contributed by atoms with Crippen molar-refractivity contribution >= 4 is 34.2 Å². The van der Waals surface area contributed by atoms with Gasteiger partial charge in [-0.2, -0.15) is 0 Å². The number of nitrogens with zero attached hydrogens (tertiary/aromatic N) is 2. The normalized spacial score (nSPS) is 11.0. The van der Waals surface area contributed by atoms with Gasteiger partial charge >= 0.3 is 0 Å². The number of H-pyrrole nitrogens is 1. The molecular weight excluding hydrogens is 502 g/mol. The van der Waals surface area contributed by atoms with Crippen molar-refractivity contribution in [1.29, 1.82) is 0 Å². The summed E-state index contributed by atoms with van der Waals surface area (Å²) in [4.78, 5) is 23.5. The Bertz CT molecular complexity index is 1400. The lowest BCUT2D eigenvalue weighted by Gasteiger charge is -2.24. The second-order valence-electron chi connectivity index (χ2n) is 9.06. The molecule has 0 aliphatic rings. The Morgan fingerprint density at radius 1 is 0.921 bits per heavy atom. The Morgan fingerprint density at radius 3 is 2.42 bits per heavy atom. The predicted octanol–water partition coefficient (Wildman–Crippen LogP) is 6.95. The Hall–Kier alpha value is -3.71. The first-order chi connectivity index (χ1) is 18.5. The van der Waals surface area contributed by atoms with Crippen molar-refractivity contribution in [3.8, 4) is 17.2 Å². The molecule has 200 valence electrons. The van der Waals surface area contributed by atoms with E-state index < -0.39 is 0 Å². The highest BCUT2D eigenvalue weighted by molar-refractivity contribution is 6.35. The van der Waals surface area contributed by atoms with E-state index in [2.05, 4.69) is 24.0 Å². The van der Waals surface area contributed by atoms with Crippen LogP contribution in [0.2, 0.25) is 5.02 Å². The van der Waals surface area contributed by atoms with Crippen LogP contribution in [0.5, 0.6) is 17.2 Å². The Morgan fingerprint density at radius 2 is 1.68 bits per heavy atom. The predicted molar refractivity (Wildman–Crippen MR) is 152 cm³/mol. The maximum absolute atomic E-state index is 13.5. The average Bonchev–Trinajstić information content (AvgIpc) is 3.36. The van der Waals surface area contributed by atoms with Crippen molar-refractivity contribution in [3.05, 3.63) is 76.6 Å². The van der Waals surface area contributed by atoms with Gasteiger partial charge in [-0.3, -0.25) is 4.79 Å². The van der Waals surface area contributed by atoms with Gasteiger partial charge in [-0.05, 0) is 41.8 Å². The van der Waals surface area contributed by atoms with Crippen molar-refractivity contribution in [2.24, 2.45) is 0 Å². The van der Waals surface area contributed by atoms with Crippen molar-refractivity contribution in [3.63, 3.8) is 0 Å². The van der Waals surface area contributed by atoms with Crippen LogP contribution in [0, 0.1) is 0 Å². The Balaban J connectivity index is 1.70. The van der Waals surface area contributed by atoms with E-state index in [1.807, 2.05) is 30.3 Å². The monoisotopic (exact) mass is 535 g/mol. The van der Waals surface area contributed by atoms with Gasteiger partial charge in [0.05, 0.1) is 44.6 Å². The molecule has 1 heterocycles. The lowest BCUT2D eigenvalue weighted by Crippen LogP contribution is -2.31. The molecule has 0 unspecified atom stereocenters. The maximum Gasteiger partial charge on any atom is 0.227 e. The number of aromatic nitrogens is 2. The van der Waals surface area contributed by atoms with E-state index in [0.29, 0.717) is 40.9 Å². The number of nitrogens with one attached hydrogen (secondary N) is 1. The van der Waals surface area contributed by atoms with E-state index in [1.165, 1.54) is 7.11 Å². The number of benzene rings is 3. The number of para-hydroxylation sites is 2. The molecule has 0 bridgehead atoms. The molecule has 4 rings (SSSR count). The number of carbonyl (C=O) groups is 1. The fourth-order valence-corrected chi connectivity index (χ4v) is 4.96. The largest absolute Gasteiger partial charge is 0.496 e. The van der Waals surface area contributed by atoms with Gasteiger partial charge in [0, 0.05) is 12.8 Å². The van der Waals surface area contributed by atoms with E-state index in [4.69, 9.17) is 30.8 Å². The standard InChI is InChI=1S/C30H34ClN3O4/c1-5-6-7-15-27(35)34(23-16-17-25(37-3)30(38-4)28(23)31)19-26-32-22-13-10-12-21(29(22)33-26)18-20-11-8-9-14-24(20)36-2/h8-14,16-17H,5-7,15,18-19H2,1-4H3,(H,32,33). The number of imidazole rings is 1. The number of unbranched alkanes of at least 4 members (excludes halogenated alkanes) is 2. The maximum atomic E-state index is 13.5. The van der Waals surface area contributed by atoms with Gasteiger partial charge in [-0.1, -0.05) is 61.7 Å². The molecule has 4 aromatic rings. The molecule has 0 saturated carbocycles. The fraction of sp³-hybridized carbons (Fsp3) is 0.333. The summed E-state index contributed by atoms with van der Waals surface area (Å²) in [5, 5.41) is 0.323. The summed E-state index contributed by atoms with van der Waals surface area (Å²) in [5.41, 5.74) is 4.48. The minimum absolute atomic E-state index is 0.0257. The number of anilines is 1. The first kappa shape index (κ1) is 27.3. The Kier molecular flexibility index (Phi) is 9.13. The van der Waals surface area contributed by atoms with Crippen LogP contribution >= 0.6 is 11.6 Å². The molecule has 8 heteroatoms. The Labute approximate surface area is 228 Å². The van der Waals surface area contributed by atoms with E-state index in [1.54, 1.807) is 31.3 Å². The molecule has 1 amide bonds. The summed E-state index contributed by atoms with van der Waals surface area (Å²) in [6, 6.07) is 17.6. The summed E-state index contributed by atoms with van der Waals surface area (Å²) in [5.74, 6) is 2.38. The van der Waals surface area contributed by atoms with Gasteiger partial charge in [0.1, 0.15) is 16.6 Å². The summed E-state index contributed by atoms with van der Waals surface area (Å²) in [6.07, 6.45) is 3.91. The van der Waals surface area contributed by atoms with Gasteiger partial charge in [0.2, 0.25) is 5.91 Å². The molecule has 0 aliphatic carbocycles. The quantitative estimate of drug-likeness (QED) is 0.199. The number of halogens is 1. The first-order valence-corrected chi connectivity index (χ1v) is 13.2. The van der Waals surface area contributed by atoms with Crippen LogP contribution in [0.3, 0.4) is 0 Å². The number of hydrogen-bond acceptors (Lipinski definition) is 5. The van der Waals surface area contributed by atoms with Crippen molar-refractivity contribution in [2.75, 3.05) is 26.2 Å². The number of carbonyl (C=O) groups excluding carboxylic acids is 1. The van der Waals surface area contributed by atoms with Crippen molar-refractivity contribution in [2.45, 2.75) is 45.6 Å². The third-order valence-corrected chi connectivity index (χ3v) is 6.94. The van der Waals surface area contributed by atoms with E-state index >= 15 is 0 Å². The topological polar surface area (TPSA) is 76.7 Å². The molecule has 7 nitrogen and oxygen atoms in total. The first-order valence-electron chi connectivity index (χ1n) is 12.8. The summed E-state index contributed by atoms with van der Waals surface area (Å²) >= 11 is 6.74. The molecule has 1 N–H and O–H groups in total. The van der Waals surface area contributed by atoms with Crippen LogP contribution in [0.15, 0.2) is 54.6 Å². The highest BCUT2D eigenvalue weighted by Crippen LogP contribution is 2.42. The number of rotatable bonds is 12. The van der Waals surface area contributed by atoms with Crippen LogP contribution in [0.25, 0.3) is 11.0 Å². The van der Waals surface area contributed by atoms with Crippen LogP contribution < -0.4 is 19.1 Å². The van der Waals surface area contributed by atoms with Crippen LogP contribution in [0.4, 0.5) is 5.69 Å². The number of ether oxygens (including phenoxy) is 3. The summed E-state index contributed by atoms with van der Waals surface area (Å²) < 4.78 is 16.4. The minimum Gasteiger partial charge on any atom is -0.496 e. The van der Waals surface area contributed by atoms with E-state index in [-0.39, 0.29) is 12.5 Å². The average molecular weight is 536 g/mol. The molecule has 1 aromatic heterocycles. The van der Waals surface area contributed by atoms with Crippen LogP contribution in [-0.4, -0.2) is 37.2 Å². The number of amides is 1. The van der Waals surface area contributed by atoms with Crippen LogP contribution in [0.1, 0.15) is 49.6 Å². The third-order valence-electron chi connectivity index (χ3n) is 6.58. The molecule has 0 atom stereocenters. The lowest BCUT2D eigenvalue weighted by molar-refractivity contribution is -0.118. The van der Waals surface area contributed by atoms with Gasteiger partial charge in [0.25, 0.3) is 0 Å². The molecule has 3 aromatic carbocycles. The van der Waals surface area contributed by atoms with Gasteiger partial charge in [-0.15, -0.1) is 0 Å². The smallest absolute Gasteiger partial charge is 0.227 e. The molecule has 0 saturated heterocycles. The van der Waals surface area contributed by atoms with Crippen molar-refractivity contribution in [1.82, 2.24) is 9.97 Å². The van der Waals surface area contributed by atoms with E-state index in [0.717, 1.165) is 47.2 Å². The molecule has 38 heavy (non-hydrogen) atoms. The summed E-state index contributed by atoms with van der Waals surface area (Å²) in [7, 11) is 4.76. The SMILES string of the molecule is CCCCCC(=O)N(Cc1nc2c(Cc3ccccc3OC)cccc2[nH]1)c1ccc(OC)c(OC)c1Cl. The number of hydrogen-bond donors (Lipinski definition) is 1. The number of methoxy groups -OCH3 is 3. The zero-order chi connectivity index (χ0) is 27.1. The fourth-order valence-electron chi connectivity index (χ4n) is 4.62. The lowest BCUT2D eigenvalue weighted by atomic mass is 10.0.